The van der Waals surface area contributed by atoms with Crippen LogP contribution in [0.1, 0.15) is 12.6 Å². The van der Waals surface area contributed by atoms with Gasteiger partial charge in [0.2, 0.25) is 0 Å². The highest BCUT2D eigenvalue weighted by atomic mass is 32.1. The molecule has 3 N–H and O–H groups in total. The van der Waals surface area contributed by atoms with Crippen LogP contribution in [-0.2, 0) is 0 Å². The summed E-state index contributed by atoms with van der Waals surface area (Å²) in [4.78, 5) is 4.12. The molecule has 1 heterocycles. The van der Waals surface area contributed by atoms with E-state index in [-0.39, 0.29) is 0 Å². The van der Waals surface area contributed by atoms with Gasteiger partial charge in [0, 0.05) is 11.9 Å². The zero-order valence-electron chi connectivity index (χ0n) is 7.13. The Morgan fingerprint density at radius 1 is 1.83 bits per heavy atom. The maximum absolute atomic E-state index is 5.49. The Bertz CT molecular complexity index is 267. The predicted octanol–water partition coefficient (Wildman–Crippen LogP) is 1.35. The Hall–Kier alpha value is -0.870. The second-order valence-electron chi connectivity index (χ2n) is 2.45. The van der Waals surface area contributed by atoms with E-state index in [1.807, 2.05) is 5.38 Å². The van der Waals surface area contributed by atoms with Crippen LogP contribution in [0.5, 0.6) is 0 Å². The SMILES string of the molecule is C=C(CNCC)c1csc(N)n1. The number of thiazole rings is 1. The number of hydrogen-bond acceptors (Lipinski definition) is 4. The van der Waals surface area contributed by atoms with Gasteiger partial charge in [-0.3, -0.25) is 0 Å². The topological polar surface area (TPSA) is 50.9 Å². The summed E-state index contributed by atoms with van der Waals surface area (Å²) < 4.78 is 0. The second-order valence-corrected chi connectivity index (χ2v) is 3.34. The van der Waals surface area contributed by atoms with Crippen LogP contribution in [0, 0.1) is 0 Å². The molecule has 66 valence electrons. The van der Waals surface area contributed by atoms with Crippen molar-refractivity contribution in [1.29, 1.82) is 0 Å². The Kier molecular flexibility index (Phi) is 3.25. The van der Waals surface area contributed by atoms with Crippen molar-refractivity contribution >= 4 is 22.0 Å². The molecule has 12 heavy (non-hydrogen) atoms. The van der Waals surface area contributed by atoms with E-state index in [9.17, 15) is 0 Å². The molecule has 1 aromatic heterocycles. The average molecular weight is 183 g/mol. The molecule has 0 aromatic carbocycles. The van der Waals surface area contributed by atoms with Crippen molar-refractivity contribution in [3.05, 3.63) is 17.7 Å². The number of hydrogen-bond donors (Lipinski definition) is 2. The van der Waals surface area contributed by atoms with Crippen LogP contribution >= 0.6 is 11.3 Å². The third-order valence-electron chi connectivity index (χ3n) is 1.47. The number of nitrogens with zero attached hydrogens (tertiary/aromatic N) is 1. The molecule has 0 spiro atoms. The summed E-state index contributed by atoms with van der Waals surface area (Å²) in [7, 11) is 0. The van der Waals surface area contributed by atoms with Crippen molar-refractivity contribution < 1.29 is 0 Å². The lowest BCUT2D eigenvalue weighted by Crippen LogP contribution is -2.15. The van der Waals surface area contributed by atoms with Crippen molar-refractivity contribution in [2.75, 3.05) is 18.8 Å². The molecular weight excluding hydrogens is 170 g/mol. The molecule has 0 aliphatic rings. The van der Waals surface area contributed by atoms with Gasteiger partial charge in [-0.25, -0.2) is 4.98 Å². The molecule has 0 amide bonds. The first kappa shape index (κ1) is 9.22. The van der Waals surface area contributed by atoms with Crippen molar-refractivity contribution in [3.63, 3.8) is 0 Å². The fraction of sp³-hybridized carbons (Fsp3) is 0.375. The Labute approximate surface area is 76.3 Å². The lowest BCUT2D eigenvalue weighted by atomic mass is 10.2. The third kappa shape index (κ3) is 2.32. The highest BCUT2D eigenvalue weighted by molar-refractivity contribution is 7.13. The van der Waals surface area contributed by atoms with Gasteiger partial charge in [0.1, 0.15) is 0 Å². The van der Waals surface area contributed by atoms with Gasteiger partial charge in [-0.15, -0.1) is 11.3 Å². The van der Waals surface area contributed by atoms with Crippen LogP contribution in [0.25, 0.3) is 5.57 Å². The molecule has 0 atom stereocenters. The minimum absolute atomic E-state index is 0.600. The first-order valence-corrected chi connectivity index (χ1v) is 4.72. The van der Waals surface area contributed by atoms with E-state index in [4.69, 9.17) is 5.73 Å². The van der Waals surface area contributed by atoms with E-state index in [1.165, 1.54) is 11.3 Å². The van der Waals surface area contributed by atoms with Crippen molar-refractivity contribution in [2.24, 2.45) is 0 Å². The zero-order chi connectivity index (χ0) is 8.97. The Morgan fingerprint density at radius 2 is 2.58 bits per heavy atom. The maximum Gasteiger partial charge on any atom is 0.180 e. The average Bonchev–Trinajstić information content (AvgIpc) is 2.47. The molecule has 0 aliphatic heterocycles. The van der Waals surface area contributed by atoms with Gasteiger partial charge in [-0.05, 0) is 12.1 Å². The molecule has 0 bridgehead atoms. The quantitative estimate of drug-likeness (QED) is 0.740. The second kappa shape index (κ2) is 4.23. The number of rotatable bonds is 4. The third-order valence-corrected chi connectivity index (χ3v) is 2.15. The van der Waals surface area contributed by atoms with Gasteiger partial charge in [-0.2, -0.15) is 0 Å². The van der Waals surface area contributed by atoms with E-state index >= 15 is 0 Å². The minimum Gasteiger partial charge on any atom is -0.375 e. The molecule has 1 aromatic rings. The molecule has 4 heteroatoms. The highest BCUT2D eigenvalue weighted by Gasteiger charge is 2.01. The van der Waals surface area contributed by atoms with E-state index in [2.05, 4.69) is 23.8 Å². The monoisotopic (exact) mass is 183 g/mol. The number of nitrogens with one attached hydrogen (secondary N) is 1. The van der Waals surface area contributed by atoms with Crippen LogP contribution in [0.2, 0.25) is 0 Å². The Morgan fingerprint density at radius 3 is 3.08 bits per heavy atom. The number of aromatic nitrogens is 1. The van der Waals surface area contributed by atoms with E-state index in [0.717, 1.165) is 24.4 Å². The molecular formula is C8H13N3S. The van der Waals surface area contributed by atoms with Crippen LogP contribution in [0.4, 0.5) is 5.13 Å². The van der Waals surface area contributed by atoms with Gasteiger partial charge in [-0.1, -0.05) is 13.5 Å². The van der Waals surface area contributed by atoms with Gasteiger partial charge in [0.25, 0.3) is 0 Å². The smallest absolute Gasteiger partial charge is 0.180 e. The van der Waals surface area contributed by atoms with Crippen molar-refractivity contribution in [3.8, 4) is 0 Å². The molecule has 1 rings (SSSR count). The summed E-state index contributed by atoms with van der Waals surface area (Å²) in [6.45, 7) is 7.68. The molecule has 0 aliphatic carbocycles. The summed E-state index contributed by atoms with van der Waals surface area (Å²) in [6, 6.07) is 0. The summed E-state index contributed by atoms with van der Waals surface area (Å²) >= 11 is 1.44. The van der Waals surface area contributed by atoms with Crippen LogP contribution in [0.15, 0.2) is 12.0 Å². The minimum atomic E-state index is 0.600. The van der Waals surface area contributed by atoms with E-state index in [1.54, 1.807) is 0 Å². The van der Waals surface area contributed by atoms with Crippen LogP contribution in [0.3, 0.4) is 0 Å². The zero-order valence-corrected chi connectivity index (χ0v) is 7.95. The molecule has 0 fully saturated rings. The molecule has 3 nitrogen and oxygen atoms in total. The fourth-order valence-corrected chi connectivity index (χ4v) is 1.42. The largest absolute Gasteiger partial charge is 0.375 e. The Balaban J connectivity index is 2.53. The number of nitrogen functional groups attached to an aromatic ring is 1. The fourth-order valence-electron chi connectivity index (χ4n) is 0.816. The maximum atomic E-state index is 5.49. The number of likely N-dealkylation sites (N-methyl/N-ethyl adjacent to an activating group) is 1. The number of anilines is 1. The first-order valence-electron chi connectivity index (χ1n) is 3.84. The molecule has 0 saturated heterocycles. The molecule has 0 unspecified atom stereocenters. The molecule has 0 saturated carbocycles. The lowest BCUT2D eigenvalue weighted by molar-refractivity contribution is 0.807. The summed E-state index contributed by atoms with van der Waals surface area (Å²) in [5.41, 5.74) is 7.38. The highest BCUT2D eigenvalue weighted by Crippen LogP contribution is 2.16. The summed E-state index contributed by atoms with van der Waals surface area (Å²) in [5.74, 6) is 0. The lowest BCUT2D eigenvalue weighted by Gasteiger charge is -2.01. The summed E-state index contributed by atoms with van der Waals surface area (Å²) in [5, 5.41) is 5.71. The summed E-state index contributed by atoms with van der Waals surface area (Å²) in [6.07, 6.45) is 0. The standard InChI is InChI=1S/C8H13N3S/c1-3-10-4-6(2)7-5-12-8(9)11-7/h5,10H,2-4H2,1H3,(H2,9,11). The number of nitrogens with two attached hydrogens (primary N) is 1. The normalized spacial score (nSPS) is 10.1. The van der Waals surface area contributed by atoms with E-state index in [0.29, 0.717) is 5.13 Å². The van der Waals surface area contributed by atoms with Gasteiger partial charge in [0.15, 0.2) is 5.13 Å². The first-order chi connectivity index (χ1) is 5.74. The van der Waals surface area contributed by atoms with Crippen molar-refractivity contribution in [1.82, 2.24) is 10.3 Å². The van der Waals surface area contributed by atoms with Crippen LogP contribution in [-0.4, -0.2) is 18.1 Å². The van der Waals surface area contributed by atoms with Gasteiger partial charge >= 0.3 is 0 Å². The van der Waals surface area contributed by atoms with Gasteiger partial charge in [0.05, 0.1) is 5.69 Å². The molecule has 0 radical (unpaired) electrons. The predicted molar refractivity (Wildman–Crippen MR) is 54.1 cm³/mol. The van der Waals surface area contributed by atoms with Crippen molar-refractivity contribution in [2.45, 2.75) is 6.92 Å². The van der Waals surface area contributed by atoms with Crippen LogP contribution < -0.4 is 11.1 Å². The van der Waals surface area contributed by atoms with E-state index < -0.39 is 0 Å². The van der Waals surface area contributed by atoms with Gasteiger partial charge < -0.3 is 11.1 Å².